The average Bonchev–Trinajstić information content (AvgIpc) is 3.47. The molecule has 1 amide bonds. The lowest BCUT2D eigenvalue weighted by Gasteiger charge is -2.47. The molecule has 1 N–H and O–H groups in total. The van der Waals surface area contributed by atoms with Gasteiger partial charge in [-0.15, -0.1) is 11.8 Å². The third kappa shape index (κ3) is 4.82. The number of rotatable bonds is 9. The molecule has 13 heteroatoms. The van der Waals surface area contributed by atoms with Crippen LogP contribution < -0.4 is 10.1 Å². The van der Waals surface area contributed by atoms with Crippen LogP contribution >= 0.6 is 11.8 Å². The summed E-state index contributed by atoms with van der Waals surface area (Å²) in [7, 11) is 0. The number of nitrogens with one attached hydrogen (secondary N) is 1. The summed E-state index contributed by atoms with van der Waals surface area (Å²) >= 11 is 1.61. The molecular formula is C27H27F2N7O3S. The van der Waals surface area contributed by atoms with Crippen LogP contribution in [-0.2, 0) is 4.74 Å². The van der Waals surface area contributed by atoms with Crippen LogP contribution in [0, 0.1) is 0 Å². The standard InChI is InChI=1S/C27H27F2N7O3S/c28-27(29)39-23-6-5-18(40-19-14-38-15-19)9-20(23)24-22(13-36(33-24)17-11-34(12-17)16-3-1-4-16)32-26(37)21-10-31-35-8-2-7-30-25(21)35/h2,5-10,13,16-17,19,27H,1,3-4,11-12,14-15H2,(H,32,37). The number of benzene rings is 1. The molecule has 0 atom stereocenters. The van der Waals surface area contributed by atoms with Crippen molar-refractivity contribution in [3.63, 3.8) is 0 Å². The van der Waals surface area contributed by atoms with E-state index in [-0.39, 0.29) is 17.4 Å². The maximum absolute atomic E-state index is 13.4. The minimum absolute atomic E-state index is 0.00712. The first-order valence-electron chi connectivity index (χ1n) is 13.3. The lowest BCUT2D eigenvalue weighted by Crippen LogP contribution is -2.54. The van der Waals surface area contributed by atoms with Crippen molar-refractivity contribution < 1.29 is 23.0 Å². The summed E-state index contributed by atoms with van der Waals surface area (Å²) in [6.07, 6.45) is 10.2. The fourth-order valence-corrected chi connectivity index (χ4v) is 6.24. The number of carbonyl (C=O) groups excluding carboxylic acids is 1. The van der Waals surface area contributed by atoms with Crippen molar-refractivity contribution in [3.8, 4) is 17.0 Å². The topological polar surface area (TPSA) is 98.8 Å². The first kappa shape index (κ1) is 25.4. The lowest BCUT2D eigenvalue weighted by atomic mass is 9.88. The fourth-order valence-electron chi connectivity index (χ4n) is 5.19. The van der Waals surface area contributed by atoms with Crippen molar-refractivity contribution in [1.29, 1.82) is 0 Å². The molecule has 1 aromatic carbocycles. The predicted octanol–water partition coefficient (Wildman–Crippen LogP) is 4.35. The number of fused-ring (bicyclic) bond motifs is 1. The zero-order valence-electron chi connectivity index (χ0n) is 21.5. The Bertz CT molecular complexity index is 1550. The molecule has 3 aliphatic rings. The highest BCUT2D eigenvalue weighted by Gasteiger charge is 2.37. The molecule has 4 aromatic rings. The Kier molecular flexibility index (Phi) is 6.64. The van der Waals surface area contributed by atoms with Gasteiger partial charge in [0.05, 0.1) is 36.4 Å². The number of aromatic nitrogens is 5. The van der Waals surface area contributed by atoms with Crippen LogP contribution in [0.1, 0.15) is 35.7 Å². The Balaban J connectivity index is 1.25. The van der Waals surface area contributed by atoms with E-state index in [9.17, 15) is 13.6 Å². The van der Waals surface area contributed by atoms with Gasteiger partial charge in [0.25, 0.3) is 5.91 Å². The molecule has 10 nitrogen and oxygen atoms in total. The van der Waals surface area contributed by atoms with Gasteiger partial charge < -0.3 is 14.8 Å². The minimum atomic E-state index is -3.01. The van der Waals surface area contributed by atoms with Crippen molar-refractivity contribution in [2.75, 3.05) is 31.6 Å². The van der Waals surface area contributed by atoms with Crippen LogP contribution in [0.3, 0.4) is 0 Å². The first-order chi connectivity index (χ1) is 19.5. The number of nitrogens with zero attached hydrogens (tertiary/aromatic N) is 6. The smallest absolute Gasteiger partial charge is 0.387 e. The van der Waals surface area contributed by atoms with Crippen LogP contribution in [-0.4, -0.2) is 79.4 Å². The van der Waals surface area contributed by atoms with Crippen molar-refractivity contribution in [2.45, 2.75) is 48.1 Å². The van der Waals surface area contributed by atoms with Crippen LogP contribution in [0.5, 0.6) is 5.75 Å². The molecule has 0 unspecified atom stereocenters. The van der Waals surface area contributed by atoms with E-state index in [0.29, 0.717) is 47.1 Å². The maximum Gasteiger partial charge on any atom is 0.387 e. The minimum Gasteiger partial charge on any atom is -0.434 e. The highest BCUT2D eigenvalue weighted by atomic mass is 32.2. The maximum atomic E-state index is 13.4. The third-order valence-corrected chi connectivity index (χ3v) is 8.82. The summed E-state index contributed by atoms with van der Waals surface area (Å²) in [5.74, 6) is -0.431. The van der Waals surface area contributed by atoms with Gasteiger partial charge in [-0.2, -0.15) is 19.0 Å². The van der Waals surface area contributed by atoms with Crippen LogP contribution in [0.2, 0.25) is 0 Å². The monoisotopic (exact) mass is 567 g/mol. The highest BCUT2D eigenvalue weighted by Crippen LogP contribution is 2.41. The van der Waals surface area contributed by atoms with Gasteiger partial charge in [-0.1, -0.05) is 6.42 Å². The molecule has 7 rings (SSSR count). The third-order valence-electron chi connectivity index (χ3n) is 7.69. The molecular weight excluding hydrogens is 540 g/mol. The number of alkyl halides is 2. The Morgan fingerprint density at radius 2 is 2.05 bits per heavy atom. The number of likely N-dealkylation sites (tertiary alicyclic amines) is 1. The number of hydrogen-bond donors (Lipinski definition) is 1. The zero-order valence-corrected chi connectivity index (χ0v) is 22.3. The van der Waals surface area contributed by atoms with Gasteiger partial charge >= 0.3 is 6.61 Å². The highest BCUT2D eigenvalue weighted by molar-refractivity contribution is 8.00. The van der Waals surface area contributed by atoms with Crippen LogP contribution in [0.25, 0.3) is 16.9 Å². The van der Waals surface area contributed by atoms with Gasteiger partial charge in [0.2, 0.25) is 0 Å². The number of amides is 1. The van der Waals surface area contributed by atoms with Crippen LogP contribution in [0.4, 0.5) is 14.5 Å². The molecule has 0 spiro atoms. The molecule has 3 fully saturated rings. The molecule has 1 aliphatic carbocycles. The van der Waals surface area contributed by atoms with Gasteiger partial charge in [-0.3, -0.25) is 14.4 Å². The van der Waals surface area contributed by atoms with E-state index < -0.39 is 12.5 Å². The van der Waals surface area contributed by atoms with Crippen molar-refractivity contribution in [1.82, 2.24) is 29.3 Å². The Labute approximate surface area is 232 Å². The van der Waals surface area contributed by atoms with Crippen molar-refractivity contribution in [2.24, 2.45) is 0 Å². The molecule has 0 radical (unpaired) electrons. The van der Waals surface area contributed by atoms with E-state index in [1.54, 1.807) is 48.6 Å². The molecule has 3 aromatic heterocycles. The second-order valence-electron chi connectivity index (χ2n) is 10.3. The average molecular weight is 568 g/mol. The van der Waals surface area contributed by atoms with Crippen molar-refractivity contribution in [3.05, 3.63) is 54.6 Å². The largest absolute Gasteiger partial charge is 0.434 e. The van der Waals surface area contributed by atoms with Gasteiger partial charge in [0.1, 0.15) is 17.0 Å². The molecule has 0 bridgehead atoms. The van der Waals surface area contributed by atoms with E-state index >= 15 is 0 Å². The Morgan fingerprint density at radius 1 is 1.20 bits per heavy atom. The van der Waals surface area contributed by atoms with E-state index in [4.69, 9.17) is 14.6 Å². The van der Waals surface area contributed by atoms with Gasteiger partial charge in [-0.05, 0) is 37.1 Å². The molecule has 2 aliphatic heterocycles. The summed E-state index contributed by atoms with van der Waals surface area (Å²) in [6.45, 7) is -0.0228. The van der Waals surface area contributed by atoms with Gasteiger partial charge in [-0.25, -0.2) is 9.50 Å². The molecule has 1 saturated carbocycles. The number of anilines is 1. The van der Waals surface area contributed by atoms with Crippen molar-refractivity contribution >= 4 is 29.0 Å². The molecule has 40 heavy (non-hydrogen) atoms. The number of carbonyl (C=O) groups is 1. The normalized spacial score (nSPS) is 18.5. The molecule has 208 valence electrons. The van der Waals surface area contributed by atoms with Gasteiger partial charge in [0.15, 0.2) is 5.65 Å². The van der Waals surface area contributed by atoms with E-state index in [0.717, 1.165) is 18.0 Å². The summed E-state index contributed by atoms with van der Waals surface area (Å²) in [5.41, 5.74) is 1.84. The SMILES string of the molecule is O=C(Nc1cn(C2CN(C3CCC3)C2)nc1-c1cc(SC2COC2)ccc1OC(F)F)c1cnn2cccnc12. The van der Waals surface area contributed by atoms with E-state index in [2.05, 4.69) is 20.3 Å². The number of halogens is 2. The molecule has 2 saturated heterocycles. The van der Waals surface area contributed by atoms with Gasteiger partial charge in [0, 0.05) is 48.2 Å². The summed E-state index contributed by atoms with van der Waals surface area (Å²) in [6, 6.07) is 7.55. The Hall–Kier alpha value is -3.55. The molecule has 5 heterocycles. The second-order valence-corrected chi connectivity index (χ2v) is 11.7. The summed E-state index contributed by atoms with van der Waals surface area (Å²) in [4.78, 5) is 21.0. The number of thioether (sulfide) groups is 1. The predicted molar refractivity (Wildman–Crippen MR) is 144 cm³/mol. The lowest BCUT2D eigenvalue weighted by molar-refractivity contribution is -0.0495. The summed E-state index contributed by atoms with van der Waals surface area (Å²) in [5, 5.41) is 12.3. The fraction of sp³-hybridized carbons (Fsp3) is 0.407. The Morgan fingerprint density at radius 3 is 2.77 bits per heavy atom. The second kappa shape index (κ2) is 10.5. The quantitative estimate of drug-likeness (QED) is 0.319. The number of hydrogen-bond acceptors (Lipinski definition) is 8. The number of ether oxygens (including phenoxy) is 2. The summed E-state index contributed by atoms with van der Waals surface area (Å²) < 4.78 is 40.4. The van der Waals surface area contributed by atoms with E-state index in [1.807, 2.05) is 4.68 Å². The zero-order chi connectivity index (χ0) is 27.2. The van der Waals surface area contributed by atoms with E-state index in [1.165, 1.54) is 36.0 Å². The first-order valence-corrected chi connectivity index (χ1v) is 14.2. The van der Waals surface area contributed by atoms with Crippen LogP contribution in [0.15, 0.2) is 53.9 Å².